The van der Waals surface area contributed by atoms with Crippen LogP contribution in [0.3, 0.4) is 0 Å². The SMILES string of the molecule is Cc1nc(CC(=O)c2c(Br)cnn2CCN(C)C)cs1. The largest absolute Gasteiger partial charge is 0.308 e. The van der Waals surface area contributed by atoms with Crippen LogP contribution >= 0.6 is 27.3 Å². The van der Waals surface area contributed by atoms with E-state index < -0.39 is 0 Å². The van der Waals surface area contributed by atoms with Gasteiger partial charge in [-0.3, -0.25) is 9.48 Å². The standard InChI is InChI=1S/C13H17BrN4OS/c1-9-16-10(8-20-9)6-12(19)13-11(14)7-15-18(13)5-4-17(2)3/h7-8H,4-6H2,1-3H3. The quantitative estimate of drug-likeness (QED) is 0.745. The minimum atomic E-state index is 0.0402. The van der Waals surface area contributed by atoms with E-state index in [9.17, 15) is 4.79 Å². The molecule has 0 aromatic carbocycles. The van der Waals surface area contributed by atoms with Crippen LogP contribution in [0.5, 0.6) is 0 Å². The Balaban J connectivity index is 2.14. The average Bonchev–Trinajstić information content (AvgIpc) is 2.93. The second-order valence-electron chi connectivity index (χ2n) is 4.83. The summed E-state index contributed by atoms with van der Waals surface area (Å²) in [5.41, 5.74) is 1.45. The molecule has 0 radical (unpaired) electrons. The number of aromatic nitrogens is 3. The summed E-state index contributed by atoms with van der Waals surface area (Å²) in [7, 11) is 4.00. The Kier molecular flexibility index (Phi) is 5.06. The monoisotopic (exact) mass is 356 g/mol. The number of likely N-dealkylation sites (N-methyl/N-ethyl adjacent to an activating group) is 1. The highest BCUT2D eigenvalue weighted by Crippen LogP contribution is 2.19. The third-order valence-corrected chi connectivity index (χ3v) is 4.23. The van der Waals surface area contributed by atoms with Crippen LogP contribution in [0.2, 0.25) is 0 Å². The summed E-state index contributed by atoms with van der Waals surface area (Å²) in [5, 5.41) is 7.17. The van der Waals surface area contributed by atoms with Crippen molar-refractivity contribution in [3.63, 3.8) is 0 Å². The third kappa shape index (κ3) is 3.74. The molecule has 0 amide bonds. The lowest BCUT2D eigenvalue weighted by molar-refractivity contribution is 0.0980. The number of hydrogen-bond acceptors (Lipinski definition) is 5. The van der Waals surface area contributed by atoms with E-state index in [1.165, 1.54) is 0 Å². The van der Waals surface area contributed by atoms with Gasteiger partial charge in [0.1, 0.15) is 5.69 Å². The Morgan fingerprint density at radius 1 is 1.50 bits per heavy atom. The normalized spacial score (nSPS) is 11.2. The van der Waals surface area contributed by atoms with E-state index in [1.807, 2.05) is 26.4 Å². The van der Waals surface area contributed by atoms with Gasteiger partial charge >= 0.3 is 0 Å². The van der Waals surface area contributed by atoms with Crippen LogP contribution in [0.4, 0.5) is 0 Å². The van der Waals surface area contributed by atoms with Crippen LogP contribution in [0.1, 0.15) is 21.2 Å². The second kappa shape index (κ2) is 6.60. The summed E-state index contributed by atoms with van der Waals surface area (Å²) in [6.07, 6.45) is 1.99. The number of carbonyl (C=O) groups is 1. The average molecular weight is 357 g/mol. The van der Waals surface area contributed by atoms with Crippen LogP contribution in [0.25, 0.3) is 0 Å². The zero-order valence-corrected chi connectivity index (χ0v) is 14.2. The lowest BCUT2D eigenvalue weighted by Crippen LogP contribution is -2.22. The molecule has 5 nitrogen and oxygen atoms in total. The molecule has 0 aliphatic carbocycles. The summed E-state index contributed by atoms with van der Waals surface area (Å²) >= 11 is 4.97. The van der Waals surface area contributed by atoms with E-state index >= 15 is 0 Å². The predicted octanol–water partition coefficient (Wildman–Crippen LogP) is 2.40. The first-order chi connectivity index (χ1) is 9.47. The van der Waals surface area contributed by atoms with Gasteiger partial charge in [0.2, 0.25) is 0 Å². The van der Waals surface area contributed by atoms with E-state index in [4.69, 9.17) is 0 Å². The van der Waals surface area contributed by atoms with E-state index in [1.54, 1.807) is 22.2 Å². The molecule has 2 aromatic rings. The molecule has 2 rings (SSSR count). The molecule has 2 heterocycles. The number of Topliss-reactive ketones (excluding diaryl/α,β-unsaturated/α-hetero) is 1. The van der Waals surface area contributed by atoms with Crippen molar-refractivity contribution in [2.24, 2.45) is 0 Å². The van der Waals surface area contributed by atoms with Crippen molar-refractivity contribution >= 4 is 33.0 Å². The molecule has 0 saturated carbocycles. The molecule has 0 aliphatic rings. The van der Waals surface area contributed by atoms with Crippen LogP contribution < -0.4 is 0 Å². The molecular weight excluding hydrogens is 340 g/mol. The zero-order valence-electron chi connectivity index (χ0n) is 11.8. The van der Waals surface area contributed by atoms with Gasteiger partial charge in [0.05, 0.1) is 34.3 Å². The van der Waals surface area contributed by atoms with Gasteiger partial charge in [0.15, 0.2) is 5.78 Å². The molecule has 108 valence electrons. The van der Waals surface area contributed by atoms with E-state index in [2.05, 4.69) is 30.9 Å². The molecule has 0 spiro atoms. The van der Waals surface area contributed by atoms with Crippen molar-refractivity contribution in [2.45, 2.75) is 19.9 Å². The topological polar surface area (TPSA) is 51.0 Å². The van der Waals surface area contributed by atoms with E-state index in [0.29, 0.717) is 18.7 Å². The fraction of sp³-hybridized carbons (Fsp3) is 0.462. The summed E-state index contributed by atoms with van der Waals surface area (Å²) in [6, 6.07) is 0. The number of carbonyl (C=O) groups excluding carboxylic acids is 1. The molecule has 0 saturated heterocycles. The van der Waals surface area contributed by atoms with Crippen molar-refractivity contribution < 1.29 is 4.79 Å². The van der Waals surface area contributed by atoms with Crippen LogP contribution in [0.15, 0.2) is 16.0 Å². The second-order valence-corrected chi connectivity index (χ2v) is 6.74. The number of nitrogens with zero attached hydrogens (tertiary/aromatic N) is 4. The Morgan fingerprint density at radius 3 is 2.85 bits per heavy atom. The van der Waals surface area contributed by atoms with Gasteiger partial charge in [-0.05, 0) is 36.9 Å². The highest BCUT2D eigenvalue weighted by atomic mass is 79.9. The van der Waals surface area contributed by atoms with Gasteiger partial charge < -0.3 is 4.90 Å². The van der Waals surface area contributed by atoms with Gasteiger partial charge in [-0.1, -0.05) is 0 Å². The highest BCUT2D eigenvalue weighted by molar-refractivity contribution is 9.10. The Bertz CT molecular complexity index is 605. The molecular formula is C13H17BrN4OS. The summed E-state index contributed by atoms with van der Waals surface area (Å²) < 4.78 is 2.50. The molecule has 0 bridgehead atoms. The maximum Gasteiger partial charge on any atom is 0.187 e. The molecule has 0 N–H and O–H groups in total. The molecule has 0 aliphatic heterocycles. The number of ketones is 1. The van der Waals surface area contributed by atoms with Crippen molar-refractivity contribution in [3.05, 3.63) is 32.4 Å². The number of aryl methyl sites for hydroxylation is 1. The lowest BCUT2D eigenvalue weighted by Gasteiger charge is -2.11. The smallest absolute Gasteiger partial charge is 0.187 e. The Morgan fingerprint density at radius 2 is 2.25 bits per heavy atom. The number of hydrogen-bond donors (Lipinski definition) is 0. The Labute approximate surface area is 130 Å². The molecule has 0 atom stereocenters. The Hall–Kier alpha value is -1.05. The van der Waals surface area contributed by atoms with E-state index in [0.717, 1.165) is 21.7 Å². The van der Waals surface area contributed by atoms with Crippen molar-refractivity contribution in [1.29, 1.82) is 0 Å². The van der Waals surface area contributed by atoms with Gasteiger partial charge in [0.25, 0.3) is 0 Å². The third-order valence-electron chi connectivity index (χ3n) is 2.83. The fourth-order valence-corrected chi connectivity index (χ4v) is 2.97. The fourth-order valence-electron chi connectivity index (χ4n) is 1.84. The number of halogens is 1. The summed E-state index contributed by atoms with van der Waals surface area (Å²) in [4.78, 5) is 18.8. The first-order valence-electron chi connectivity index (χ1n) is 6.27. The van der Waals surface area contributed by atoms with Gasteiger partial charge in [0, 0.05) is 11.9 Å². The van der Waals surface area contributed by atoms with Gasteiger partial charge in [-0.2, -0.15) is 5.10 Å². The predicted molar refractivity (Wildman–Crippen MR) is 83.4 cm³/mol. The van der Waals surface area contributed by atoms with Gasteiger partial charge in [-0.15, -0.1) is 11.3 Å². The van der Waals surface area contributed by atoms with Crippen molar-refractivity contribution in [3.8, 4) is 0 Å². The summed E-state index contributed by atoms with van der Waals surface area (Å²) in [5.74, 6) is 0.0402. The maximum absolute atomic E-state index is 12.4. The van der Waals surface area contributed by atoms with Crippen LogP contribution in [-0.4, -0.2) is 46.1 Å². The first-order valence-corrected chi connectivity index (χ1v) is 7.95. The number of thiazole rings is 1. The van der Waals surface area contributed by atoms with Crippen LogP contribution in [0, 0.1) is 6.92 Å². The molecule has 0 fully saturated rings. The highest BCUT2D eigenvalue weighted by Gasteiger charge is 2.18. The molecule has 0 unspecified atom stereocenters. The molecule has 20 heavy (non-hydrogen) atoms. The minimum absolute atomic E-state index is 0.0402. The maximum atomic E-state index is 12.4. The lowest BCUT2D eigenvalue weighted by atomic mass is 10.2. The number of rotatable bonds is 6. The van der Waals surface area contributed by atoms with Gasteiger partial charge in [-0.25, -0.2) is 4.98 Å². The van der Waals surface area contributed by atoms with Crippen molar-refractivity contribution in [2.75, 3.05) is 20.6 Å². The molecule has 2 aromatic heterocycles. The summed E-state index contributed by atoms with van der Waals surface area (Å²) in [6.45, 7) is 3.47. The van der Waals surface area contributed by atoms with E-state index in [-0.39, 0.29) is 5.78 Å². The first kappa shape index (κ1) is 15.3. The van der Waals surface area contributed by atoms with Crippen LogP contribution in [-0.2, 0) is 13.0 Å². The molecule has 7 heteroatoms. The zero-order chi connectivity index (χ0) is 14.7. The van der Waals surface area contributed by atoms with Crippen molar-refractivity contribution in [1.82, 2.24) is 19.7 Å². The minimum Gasteiger partial charge on any atom is -0.308 e.